The fourth-order valence-corrected chi connectivity index (χ4v) is 2.99. The molecule has 1 heterocycles. The largest absolute Gasteiger partial charge is 0.381 e. The summed E-state index contributed by atoms with van der Waals surface area (Å²) in [6.45, 7) is 1.67. The number of hydrogen-bond acceptors (Lipinski definition) is 2. The Balaban J connectivity index is 2.18. The van der Waals surface area contributed by atoms with Gasteiger partial charge in [0.15, 0.2) is 0 Å². The number of ether oxygens (including phenoxy) is 1. The minimum Gasteiger partial charge on any atom is -0.381 e. The Labute approximate surface area is 113 Å². The average molecular weight is 349 g/mol. The molecule has 0 aliphatic carbocycles. The molecule has 1 atom stereocenters. The van der Waals surface area contributed by atoms with Gasteiger partial charge in [0.25, 0.3) is 0 Å². The maximum Gasteiger partial charge on any atom is 0.0469 e. The van der Waals surface area contributed by atoms with Crippen LogP contribution in [0.1, 0.15) is 24.4 Å². The van der Waals surface area contributed by atoms with Gasteiger partial charge in [-0.05, 0) is 42.5 Å². The number of benzene rings is 1. The molecule has 1 aliphatic heterocycles. The Morgan fingerprint density at radius 3 is 2.62 bits per heavy atom. The average Bonchev–Trinajstić information content (AvgIpc) is 2.32. The zero-order valence-electron chi connectivity index (χ0n) is 8.96. The molecule has 0 radical (unpaired) electrons. The summed E-state index contributed by atoms with van der Waals surface area (Å²) in [6.07, 6.45) is 2.11. The van der Waals surface area contributed by atoms with Crippen LogP contribution in [0.2, 0.25) is 0 Å². The Morgan fingerprint density at radius 1 is 1.25 bits per heavy atom. The van der Waals surface area contributed by atoms with Gasteiger partial charge < -0.3 is 10.5 Å². The summed E-state index contributed by atoms with van der Waals surface area (Å²) < 4.78 is 7.53. The first-order valence-corrected chi connectivity index (χ1v) is 7.05. The summed E-state index contributed by atoms with van der Waals surface area (Å²) in [5.74, 6) is 0.527. The second-order valence-corrected chi connectivity index (χ2v) is 5.91. The Kier molecular flexibility index (Phi) is 4.41. The molecule has 1 aromatic carbocycles. The number of rotatable bonds is 2. The lowest BCUT2D eigenvalue weighted by molar-refractivity contribution is 0.0583. The van der Waals surface area contributed by atoms with Gasteiger partial charge in [0.05, 0.1) is 0 Å². The molecule has 0 amide bonds. The van der Waals surface area contributed by atoms with Crippen LogP contribution in [0, 0.1) is 5.92 Å². The number of nitrogens with two attached hydrogens (primary N) is 1. The molecule has 88 valence electrons. The minimum absolute atomic E-state index is 0.0933. The van der Waals surface area contributed by atoms with E-state index in [1.165, 1.54) is 5.56 Å². The maximum atomic E-state index is 6.33. The van der Waals surface area contributed by atoms with E-state index in [0.717, 1.165) is 35.0 Å². The van der Waals surface area contributed by atoms with Gasteiger partial charge in [0, 0.05) is 28.2 Å². The van der Waals surface area contributed by atoms with Gasteiger partial charge in [-0.3, -0.25) is 0 Å². The fraction of sp³-hybridized carbons (Fsp3) is 0.500. The molecule has 1 unspecified atom stereocenters. The van der Waals surface area contributed by atoms with Crippen molar-refractivity contribution in [2.45, 2.75) is 18.9 Å². The first kappa shape index (κ1) is 12.6. The second-order valence-electron chi connectivity index (χ2n) is 4.14. The van der Waals surface area contributed by atoms with E-state index in [1.54, 1.807) is 0 Å². The summed E-state index contributed by atoms with van der Waals surface area (Å²) >= 11 is 7.05. The van der Waals surface area contributed by atoms with Gasteiger partial charge in [-0.2, -0.15) is 0 Å². The summed E-state index contributed by atoms with van der Waals surface area (Å²) in [4.78, 5) is 0. The van der Waals surface area contributed by atoms with E-state index in [2.05, 4.69) is 37.9 Å². The van der Waals surface area contributed by atoms with Crippen molar-refractivity contribution in [1.82, 2.24) is 0 Å². The molecule has 0 saturated carbocycles. The van der Waals surface area contributed by atoms with Crippen LogP contribution >= 0.6 is 31.9 Å². The van der Waals surface area contributed by atoms with Gasteiger partial charge in [-0.25, -0.2) is 0 Å². The van der Waals surface area contributed by atoms with Gasteiger partial charge in [0.2, 0.25) is 0 Å². The van der Waals surface area contributed by atoms with E-state index in [9.17, 15) is 0 Å². The molecule has 0 spiro atoms. The quantitative estimate of drug-likeness (QED) is 0.885. The smallest absolute Gasteiger partial charge is 0.0469 e. The van der Waals surface area contributed by atoms with Crippen LogP contribution in [0.4, 0.5) is 0 Å². The van der Waals surface area contributed by atoms with E-state index < -0.39 is 0 Å². The van der Waals surface area contributed by atoms with Crippen molar-refractivity contribution in [1.29, 1.82) is 0 Å². The van der Waals surface area contributed by atoms with E-state index in [-0.39, 0.29) is 6.04 Å². The summed E-state index contributed by atoms with van der Waals surface area (Å²) in [5.41, 5.74) is 7.51. The van der Waals surface area contributed by atoms with Gasteiger partial charge in [-0.15, -0.1) is 0 Å². The number of halogens is 2. The summed E-state index contributed by atoms with van der Waals surface area (Å²) in [7, 11) is 0. The highest BCUT2D eigenvalue weighted by molar-refractivity contribution is 9.11. The Morgan fingerprint density at radius 2 is 1.94 bits per heavy atom. The van der Waals surface area contributed by atoms with E-state index in [0.29, 0.717) is 5.92 Å². The van der Waals surface area contributed by atoms with Gasteiger partial charge in [0.1, 0.15) is 0 Å². The van der Waals surface area contributed by atoms with Gasteiger partial charge >= 0.3 is 0 Å². The lowest BCUT2D eigenvalue weighted by Crippen LogP contribution is -2.27. The lowest BCUT2D eigenvalue weighted by atomic mass is 9.88. The third-order valence-corrected chi connectivity index (χ3v) is 4.31. The first-order valence-electron chi connectivity index (χ1n) is 5.47. The zero-order valence-corrected chi connectivity index (χ0v) is 12.1. The predicted molar refractivity (Wildman–Crippen MR) is 72.3 cm³/mol. The molecule has 16 heavy (non-hydrogen) atoms. The third-order valence-electron chi connectivity index (χ3n) is 3.09. The predicted octanol–water partition coefficient (Wildman–Crippen LogP) is 3.64. The highest BCUT2D eigenvalue weighted by Gasteiger charge is 2.23. The van der Waals surface area contributed by atoms with Crippen LogP contribution in [0.25, 0.3) is 0 Å². The third kappa shape index (κ3) is 2.86. The topological polar surface area (TPSA) is 35.2 Å². The van der Waals surface area contributed by atoms with Crippen LogP contribution in [0.15, 0.2) is 27.1 Å². The van der Waals surface area contributed by atoms with Crippen molar-refractivity contribution in [2.75, 3.05) is 13.2 Å². The highest BCUT2D eigenvalue weighted by atomic mass is 79.9. The fourth-order valence-electron chi connectivity index (χ4n) is 2.10. The van der Waals surface area contributed by atoms with E-state index >= 15 is 0 Å². The normalized spacial score (nSPS) is 19.7. The molecule has 4 heteroatoms. The molecule has 0 bridgehead atoms. The molecule has 1 aliphatic rings. The molecule has 1 fully saturated rings. The van der Waals surface area contributed by atoms with Crippen molar-refractivity contribution in [3.63, 3.8) is 0 Å². The van der Waals surface area contributed by atoms with Crippen molar-refractivity contribution in [3.8, 4) is 0 Å². The van der Waals surface area contributed by atoms with Gasteiger partial charge in [-0.1, -0.05) is 31.9 Å². The minimum atomic E-state index is 0.0933. The zero-order chi connectivity index (χ0) is 11.5. The van der Waals surface area contributed by atoms with Crippen molar-refractivity contribution >= 4 is 31.9 Å². The molecular weight excluding hydrogens is 334 g/mol. The van der Waals surface area contributed by atoms with Crippen LogP contribution in [-0.4, -0.2) is 13.2 Å². The van der Waals surface area contributed by atoms with E-state index in [4.69, 9.17) is 10.5 Å². The maximum absolute atomic E-state index is 6.33. The highest BCUT2D eigenvalue weighted by Crippen LogP contribution is 2.33. The Bertz CT molecular complexity index is 364. The van der Waals surface area contributed by atoms with Crippen LogP contribution in [0.5, 0.6) is 0 Å². The van der Waals surface area contributed by atoms with Crippen LogP contribution in [-0.2, 0) is 4.74 Å². The molecule has 2 rings (SSSR count). The van der Waals surface area contributed by atoms with Crippen LogP contribution < -0.4 is 5.73 Å². The SMILES string of the molecule is NC(c1cc(Br)ccc1Br)C1CCOCC1. The monoisotopic (exact) mass is 347 g/mol. The molecule has 2 nitrogen and oxygen atoms in total. The summed E-state index contributed by atoms with van der Waals surface area (Å²) in [5, 5.41) is 0. The van der Waals surface area contributed by atoms with Crippen molar-refractivity contribution in [2.24, 2.45) is 11.7 Å². The molecule has 1 aromatic rings. The van der Waals surface area contributed by atoms with Crippen LogP contribution in [0.3, 0.4) is 0 Å². The molecule has 1 saturated heterocycles. The molecule has 2 N–H and O–H groups in total. The summed E-state index contributed by atoms with van der Waals surface area (Å²) in [6, 6.07) is 6.25. The molecule has 0 aromatic heterocycles. The molecular formula is C12H15Br2NO. The lowest BCUT2D eigenvalue weighted by Gasteiger charge is -2.28. The van der Waals surface area contributed by atoms with Crippen molar-refractivity contribution < 1.29 is 4.74 Å². The van der Waals surface area contributed by atoms with E-state index in [1.807, 2.05) is 12.1 Å². The second kappa shape index (κ2) is 5.63. The Hall–Kier alpha value is 0.1000. The first-order chi connectivity index (χ1) is 7.68. The standard InChI is InChI=1S/C12H15Br2NO/c13-9-1-2-11(14)10(7-9)12(15)8-3-5-16-6-4-8/h1-2,7-8,12H,3-6,15H2. The van der Waals surface area contributed by atoms with Crippen molar-refractivity contribution in [3.05, 3.63) is 32.7 Å². The number of hydrogen-bond donors (Lipinski definition) is 1.